The second kappa shape index (κ2) is 8.37. The van der Waals surface area contributed by atoms with Gasteiger partial charge in [-0.3, -0.25) is 0 Å². The van der Waals surface area contributed by atoms with Crippen molar-refractivity contribution in [3.05, 3.63) is 0 Å². The molecule has 1 rings (SSSR count). The van der Waals surface area contributed by atoms with Crippen molar-refractivity contribution in [1.29, 1.82) is 0 Å². The maximum Gasteiger partial charge on any atom is 0.404 e. The third-order valence-electron chi connectivity index (χ3n) is 4.25. The van der Waals surface area contributed by atoms with E-state index in [-0.39, 0.29) is 24.3 Å². The Morgan fingerprint density at radius 3 is 2.41 bits per heavy atom. The summed E-state index contributed by atoms with van der Waals surface area (Å²) in [5.41, 5.74) is -0.0967. The highest BCUT2D eigenvalue weighted by molar-refractivity contribution is 7.99. The molecular weight excluding hydrogens is 308 g/mol. The monoisotopic (exact) mass is 337 g/mol. The quantitative estimate of drug-likeness (QED) is 0.632. The molecule has 22 heavy (non-hydrogen) atoms. The Morgan fingerprint density at radius 2 is 1.91 bits per heavy atom. The molecule has 0 bridgehead atoms. The molecule has 1 amide bonds. The van der Waals surface area contributed by atoms with Crippen LogP contribution in [0.3, 0.4) is 0 Å². The molecule has 0 aromatic carbocycles. The van der Waals surface area contributed by atoms with Crippen LogP contribution in [0.25, 0.3) is 0 Å². The van der Waals surface area contributed by atoms with Crippen molar-refractivity contribution in [3.63, 3.8) is 0 Å². The van der Waals surface area contributed by atoms with E-state index >= 15 is 0 Å². The van der Waals surface area contributed by atoms with Gasteiger partial charge in [-0.2, -0.15) is 11.8 Å². The van der Waals surface area contributed by atoms with E-state index in [1.807, 2.05) is 20.8 Å². The molecule has 0 aliphatic heterocycles. The molecule has 0 saturated heterocycles. The molecule has 130 valence electrons. The molecule has 0 aromatic heterocycles. The van der Waals surface area contributed by atoms with Gasteiger partial charge in [0.15, 0.2) is 0 Å². The van der Waals surface area contributed by atoms with Crippen molar-refractivity contribution in [3.8, 4) is 0 Å². The standard InChI is InChI=1S/C16H29F2NO2S/c1-15(2,3)13(19-14(20)21)6-4-5-11-22-12-7-9-16(17,18)10-8-12/h12-13,19H,4-11H2,1-3H3,(H,20,21). The van der Waals surface area contributed by atoms with E-state index in [9.17, 15) is 13.6 Å². The SMILES string of the molecule is CC(C)(C)C(CCCCSC1CCC(F)(F)CC1)NC(=O)O. The summed E-state index contributed by atoms with van der Waals surface area (Å²) in [4.78, 5) is 10.8. The van der Waals surface area contributed by atoms with Crippen LogP contribution in [0.2, 0.25) is 0 Å². The lowest BCUT2D eigenvalue weighted by Crippen LogP contribution is -2.43. The summed E-state index contributed by atoms with van der Waals surface area (Å²) in [6, 6.07) is -0.0524. The maximum absolute atomic E-state index is 13.1. The third kappa shape index (κ3) is 7.65. The number of nitrogens with one attached hydrogen (secondary N) is 1. The Hall–Kier alpha value is -0.520. The Morgan fingerprint density at radius 1 is 1.32 bits per heavy atom. The molecule has 1 aliphatic carbocycles. The fraction of sp³-hybridized carbons (Fsp3) is 0.938. The van der Waals surface area contributed by atoms with Crippen LogP contribution in [0.1, 0.15) is 65.7 Å². The van der Waals surface area contributed by atoms with Gasteiger partial charge >= 0.3 is 6.09 Å². The van der Waals surface area contributed by atoms with E-state index in [4.69, 9.17) is 5.11 Å². The van der Waals surface area contributed by atoms with E-state index in [0.717, 1.165) is 25.0 Å². The van der Waals surface area contributed by atoms with E-state index in [0.29, 0.717) is 18.1 Å². The molecule has 2 N–H and O–H groups in total. The molecule has 1 atom stereocenters. The van der Waals surface area contributed by atoms with Crippen LogP contribution in [0, 0.1) is 5.41 Å². The average Bonchev–Trinajstić information content (AvgIpc) is 2.37. The zero-order valence-electron chi connectivity index (χ0n) is 13.8. The van der Waals surface area contributed by atoms with Gasteiger partial charge < -0.3 is 10.4 Å². The summed E-state index contributed by atoms with van der Waals surface area (Å²) >= 11 is 1.80. The van der Waals surface area contributed by atoms with Gasteiger partial charge in [-0.15, -0.1) is 0 Å². The number of unbranched alkanes of at least 4 members (excludes halogenated alkanes) is 1. The topological polar surface area (TPSA) is 49.3 Å². The zero-order chi connectivity index (χ0) is 16.8. The van der Waals surface area contributed by atoms with Gasteiger partial charge in [0.25, 0.3) is 0 Å². The molecule has 1 unspecified atom stereocenters. The minimum atomic E-state index is -2.44. The van der Waals surface area contributed by atoms with Gasteiger partial charge in [0, 0.05) is 24.1 Å². The first-order valence-corrected chi connectivity index (χ1v) is 9.14. The number of thioether (sulfide) groups is 1. The van der Waals surface area contributed by atoms with E-state index < -0.39 is 12.0 Å². The van der Waals surface area contributed by atoms with Crippen LogP contribution in [0.15, 0.2) is 0 Å². The molecular formula is C16H29F2NO2S. The number of carboxylic acid groups (broad SMARTS) is 1. The summed E-state index contributed by atoms with van der Waals surface area (Å²) in [5, 5.41) is 11.9. The van der Waals surface area contributed by atoms with E-state index in [1.54, 1.807) is 11.8 Å². The van der Waals surface area contributed by atoms with Gasteiger partial charge in [0.05, 0.1) is 0 Å². The number of amides is 1. The van der Waals surface area contributed by atoms with Crippen LogP contribution >= 0.6 is 11.8 Å². The Kier molecular flexibility index (Phi) is 7.42. The van der Waals surface area contributed by atoms with Crippen molar-refractivity contribution in [1.82, 2.24) is 5.32 Å². The molecule has 0 heterocycles. The molecule has 0 radical (unpaired) electrons. The lowest BCUT2D eigenvalue weighted by atomic mass is 9.84. The summed E-state index contributed by atoms with van der Waals surface area (Å²) < 4.78 is 26.1. The summed E-state index contributed by atoms with van der Waals surface area (Å²) in [7, 11) is 0. The van der Waals surface area contributed by atoms with Crippen molar-refractivity contribution < 1.29 is 18.7 Å². The first-order valence-electron chi connectivity index (χ1n) is 8.09. The van der Waals surface area contributed by atoms with Crippen molar-refractivity contribution in [2.45, 2.75) is 82.9 Å². The maximum atomic E-state index is 13.1. The third-order valence-corrected chi connectivity index (χ3v) is 5.72. The van der Waals surface area contributed by atoms with Gasteiger partial charge in [-0.1, -0.05) is 27.2 Å². The van der Waals surface area contributed by atoms with Crippen LogP contribution < -0.4 is 5.32 Å². The Labute approximate surface area is 136 Å². The predicted octanol–water partition coefficient (Wildman–Crippen LogP) is 5.15. The van der Waals surface area contributed by atoms with Crippen LogP contribution in [-0.4, -0.2) is 34.2 Å². The van der Waals surface area contributed by atoms with Gasteiger partial charge in [-0.25, -0.2) is 13.6 Å². The molecule has 0 spiro atoms. The van der Waals surface area contributed by atoms with Crippen LogP contribution in [0.4, 0.5) is 13.6 Å². The average molecular weight is 337 g/mol. The lowest BCUT2D eigenvalue weighted by molar-refractivity contribution is -0.0323. The second-order valence-corrected chi connectivity index (χ2v) is 8.70. The summed E-state index contributed by atoms with van der Waals surface area (Å²) in [5.74, 6) is -1.47. The molecule has 6 heteroatoms. The molecule has 3 nitrogen and oxygen atoms in total. The Bertz CT molecular complexity index is 349. The number of hydrogen-bond acceptors (Lipinski definition) is 2. The lowest BCUT2D eigenvalue weighted by Gasteiger charge is -2.30. The number of halogens is 2. The first-order chi connectivity index (χ1) is 10.1. The van der Waals surface area contributed by atoms with E-state index in [2.05, 4.69) is 5.32 Å². The summed E-state index contributed by atoms with van der Waals surface area (Å²) in [6.45, 7) is 6.10. The molecule has 1 aliphatic rings. The largest absolute Gasteiger partial charge is 0.465 e. The van der Waals surface area contributed by atoms with Crippen molar-refractivity contribution in [2.24, 2.45) is 5.41 Å². The second-order valence-electron chi connectivity index (χ2n) is 7.29. The van der Waals surface area contributed by atoms with Crippen LogP contribution in [-0.2, 0) is 0 Å². The van der Waals surface area contributed by atoms with Crippen molar-refractivity contribution >= 4 is 17.9 Å². The number of carbonyl (C=O) groups is 1. The molecule has 0 aromatic rings. The fourth-order valence-electron chi connectivity index (χ4n) is 2.75. The fourth-order valence-corrected chi connectivity index (χ4v) is 4.02. The molecule has 1 saturated carbocycles. The highest BCUT2D eigenvalue weighted by Crippen LogP contribution is 2.38. The Balaban J connectivity index is 2.17. The highest BCUT2D eigenvalue weighted by Gasteiger charge is 2.34. The number of rotatable bonds is 7. The molecule has 1 fully saturated rings. The number of alkyl halides is 2. The predicted molar refractivity (Wildman–Crippen MR) is 87.9 cm³/mol. The number of hydrogen-bond donors (Lipinski definition) is 2. The highest BCUT2D eigenvalue weighted by atomic mass is 32.2. The van der Waals surface area contributed by atoms with Gasteiger partial charge in [0.2, 0.25) is 5.92 Å². The van der Waals surface area contributed by atoms with Gasteiger partial charge in [0.1, 0.15) is 0 Å². The summed E-state index contributed by atoms with van der Waals surface area (Å²) in [6.07, 6.45) is 3.09. The van der Waals surface area contributed by atoms with E-state index in [1.165, 1.54) is 0 Å². The first kappa shape index (κ1) is 19.5. The van der Waals surface area contributed by atoms with Gasteiger partial charge in [-0.05, 0) is 36.9 Å². The minimum Gasteiger partial charge on any atom is -0.465 e. The zero-order valence-corrected chi connectivity index (χ0v) is 14.6. The normalized spacial score (nSPS) is 20.6. The smallest absolute Gasteiger partial charge is 0.404 e. The van der Waals surface area contributed by atoms with Crippen LogP contribution in [0.5, 0.6) is 0 Å². The minimum absolute atomic E-state index is 0.0271. The van der Waals surface area contributed by atoms with Crippen molar-refractivity contribution in [2.75, 3.05) is 5.75 Å².